The molecule has 0 saturated carbocycles. The largest absolute Gasteiger partial charge is 0.489 e. The van der Waals surface area contributed by atoms with Crippen molar-refractivity contribution in [2.24, 2.45) is 5.92 Å². The Bertz CT molecular complexity index is 434. The summed E-state index contributed by atoms with van der Waals surface area (Å²) in [6.07, 6.45) is -4.33. The van der Waals surface area contributed by atoms with Gasteiger partial charge in [0, 0.05) is 5.92 Å². The van der Waals surface area contributed by atoms with Crippen LogP contribution in [0.15, 0.2) is 18.2 Å². The third kappa shape index (κ3) is 2.91. The van der Waals surface area contributed by atoms with Gasteiger partial charge in [-0.05, 0) is 17.7 Å². The lowest BCUT2D eigenvalue weighted by atomic mass is 10.1. The minimum absolute atomic E-state index is 0.111. The first-order valence-electron chi connectivity index (χ1n) is 5.48. The third-order valence-electron chi connectivity index (χ3n) is 2.59. The van der Waals surface area contributed by atoms with Crippen molar-refractivity contribution in [2.45, 2.75) is 17.9 Å². The number of ether oxygens (including phenoxy) is 2. The molecule has 0 spiro atoms. The summed E-state index contributed by atoms with van der Waals surface area (Å²) < 4.78 is 48.7. The molecule has 0 aliphatic carbocycles. The molecule has 0 bridgehead atoms. The van der Waals surface area contributed by atoms with Gasteiger partial charge in [0.1, 0.15) is 4.83 Å². The van der Waals surface area contributed by atoms with E-state index in [1.807, 2.05) is 6.92 Å². The predicted octanol–water partition coefficient (Wildman–Crippen LogP) is 4.09. The van der Waals surface area contributed by atoms with Crippen molar-refractivity contribution in [3.8, 4) is 11.5 Å². The molecule has 0 aromatic heterocycles. The van der Waals surface area contributed by atoms with E-state index in [0.717, 1.165) is 0 Å². The Morgan fingerprint density at radius 2 is 1.83 bits per heavy atom. The molecule has 100 valence electrons. The van der Waals surface area contributed by atoms with Gasteiger partial charge in [0.15, 0.2) is 11.5 Å². The first-order valence-corrected chi connectivity index (χ1v) is 6.40. The molecular formula is C12H12BrF3O2. The average molecular weight is 325 g/mol. The molecule has 2 rings (SSSR count). The van der Waals surface area contributed by atoms with Crippen LogP contribution in [0.25, 0.3) is 0 Å². The SMILES string of the molecule is CC1COc2ccc(C(Br)C(F)(F)F)cc2OC1. The maximum atomic E-state index is 12.6. The topological polar surface area (TPSA) is 18.5 Å². The summed E-state index contributed by atoms with van der Waals surface area (Å²) in [4.78, 5) is -1.69. The molecule has 0 amide bonds. The number of fused-ring (bicyclic) bond motifs is 1. The molecule has 1 aromatic rings. The Morgan fingerprint density at radius 1 is 1.22 bits per heavy atom. The quantitative estimate of drug-likeness (QED) is 0.724. The number of hydrogen-bond donors (Lipinski definition) is 0. The van der Waals surface area contributed by atoms with Gasteiger partial charge in [-0.15, -0.1) is 0 Å². The highest BCUT2D eigenvalue weighted by molar-refractivity contribution is 9.09. The highest BCUT2D eigenvalue weighted by Gasteiger charge is 2.39. The highest BCUT2D eigenvalue weighted by Crippen LogP contribution is 2.42. The molecule has 2 unspecified atom stereocenters. The van der Waals surface area contributed by atoms with E-state index in [1.165, 1.54) is 18.2 Å². The Balaban J connectivity index is 2.27. The fourth-order valence-corrected chi connectivity index (χ4v) is 1.90. The van der Waals surface area contributed by atoms with Crippen molar-refractivity contribution < 1.29 is 22.6 Å². The minimum atomic E-state index is -4.33. The monoisotopic (exact) mass is 324 g/mol. The molecule has 6 heteroatoms. The summed E-state index contributed by atoms with van der Waals surface area (Å²) in [7, 11) is 0. The summed E-state index contributed by atoms with van der Waals surface area (Å²) >= 11 is 2.64. The second kappa shape index (κ2) is 4.99. The van der Waals surface area contributed by atoms with Crippen LogP contribution < -0.4 is 9.47 Å². The van der Waals surface area contributed by atoms with Crippen LogP contribution in [0, 0.1) is 5.92 Å². The number of hydrogen-bond acceptors (Lipinski definition) is 2. The average Bonchev–Trinajstić information content (AvgIpc) is 2.49. The molecule has 0 fully saturated rings. The second-order valence-electron chi connectivity index (χ2n) is 4.34. The van der Waals surface area contributed by atoms with Gasteiger partial charge in [-0.2, -0.15) is 13.2 Å². The Hall–Kier alpha value is -0.910. The Kier molecular flexibility index (Phi) is 3.75. The van der Waals surface area contributed by atoms with Crippen molar-refractivity contribution in [3.63, 3.8) is 0 Å². The summed E-state index contributed by atoms with van der Waals surface area (Å²) in [6, 6.07) is 4.29. The summed E-state index contributed by atoms with van der Waals surface area (Å²) in [6.45, 7) is 2.90. The number of rotatable bonds is 1. The first kappa shape index (κ1) is 13.5. The van der Waals surface area contributed by atoms with E-state index in [1.54, 1.807) is 0 Å². The van der Waals surface area contributed by atoms with Crippen molar-refractivity contribution >= 4 is 15.9 Å². The molecule has 0 saturated heterocycles. The van der Waals surface area contributed by atoms with E-state index in [9.17, 15) is 13.2 Å². The number of alkyl halides is 4. The zero-order valence-corrected chi connectivity index (χ0v) is 11.2. The lowest BCUT2D eigenvalue weighted by Crippen LogP contribution is -2.15. The molecule has 0 N–H and O–H groups in total. The van der Waals surface area contributed by atoms with Gasteiger partial charge in [0.2, 0.25) is 0 Å². The van der Waals surface area contributed by atoms with Crippen LogP contribution in [0.4, 0.5) is 13.2 Å². The summed E-state index contributed by atoms with van der Waals surface area (Å²) in [5.74, 6) is 1.07. The van der Waals surface area contributed by atoms with E-state index in [-0.39, 0.29) is 11.5 Å². The fourth-order valence-electron chi connectivity index (χ4n) is 1.62. The summed E-state index contributed by atoms with van der Waals surface area (Å²) in [5, 5.41) is 0. The fraction of sp³-hybridized carbons (Fsp3) is 0.500. The zero-order chi connectivity index (χ0) is 13.3. The lowest BCUT2D eigenvalue weighted by Gasteiger charge is -2.16. The van der Waals surface area contributed by atoms with Crippen LogP contribution in [0.1, 0.15) is 17.3 Å². The number of benzene rings is 1. The van der Waals surface area contributed by atoms with Gasteiger partial charge >= 0.3 is 6.18 Å². The molecule has 1 aliphatic rings. The molecule has 1 aromatic carbocycles. The molecule has 2 atom stereocenters. The first-order chi connectivity index (χ1) is 8.38. The van der Waals surface area contributed by atoms with Crippen molar-refractivity contribution in [1.82, 2.24) is 0 Å². The molecule has 18 heavy (non-hydrogen) atoms. The highest BCUT2D eigenvalue weighted by atomic mass is 79.9. The van der Waals surface area contributed by atoms with Crippen molar-refractivity contribution in [2.75, 3.05) is 13.2 Å². The Labute approximate surface area is 111 Å². The van der Waals surface area contributed by atoms with Gasteiger partial charge in [0.05, 0.1) is 13.2 Å². The van der Waals surface area contributed by atoms with E-state index in [4.69, 9.17) is 9.47 Å². The maximum Gasteiger partial charge on any atom is 0.405 e. The predicted molar refractivity (Wildman–Crippen MR) is 64.3 cm³/mol. The molecule has 1 heterocycles. The van der Waals surface area contributed by atoms with Crippen LogP contribution in [0.3, 0.4) is 0 Å². The van der Waals surface area contributed by atoms with Crippen LogP contribution in [0.5, 0.6) is 11.5 Å². The summed E-state index contributed by atoms with van der Waals surface area (Å²) in [5.41, 5.74) is 0.111. The van der Waals surface area contributed by atoms with Crippen molar-refractivity contribution in [3.05, 3.63) is 23.8 Å². The van der Waals surface area contributed by atoms with E-state index in [0.29, 0.717) is 24.7 Å². The van der Waals surface area contributed by atoms with Gasteiger partial charge in [0.25, 0.3) is 0 Å². The molecule has 2 nitrogen and oxygen atoms in total. The third-order valence-corrected chi connectivity index (χ3v) is 3.64. The van der Waals surface area contributed by atoms with Crippen molar-refractivity contribution in [1.29, 1.82) is 0 Å². The maximum absolute atomic E-state index is 12.6. The standard InChI is InChI=1S/C12H12BrF3O2/c1-7-5-17-9-3-2-8(4-10(9)18-6-7)11(13)12(14,15)16/h2-4,7,11H,5-6H2,1H3. The lowest BCUT2D eigenvalue weighted by molar-refractivity contribution is -0.128. The van der Waals surface area contributed by atoms with E-state index in [2.05, 4.69) is 15.9 Å². The molecule has 1 aliphatic heterocycles. The Morgan fingerprint density at radius 3 is 2.44 bits per heavy atom. The zero-order valence-electron chi connectivity index (χ0n) is 9.63. The smallest absolute Gasteiger partial charge is 0.405 e. The van der Waals surface area contributed by atoms with Gasteiger partial charge in [-0.1, -0.05) is 28.9 Å². The van der Waals surface area contributed by atoms with Crippen LogP contribution in [0.2, 0.25) is 0 Å². The van der Waals surface area contributed by atoms with Crippen LogP contribution >= 0.6 is 15.9 Å². The van der Waals surface area contributed by atoms with E-state index >= 15 is 0 Å². The second-order valence-corrected chi connectivity index (χ2v) is 5.25. The minimum Gasteiger partial charge on any atom is -0.489 e. The van der Waals surface area contributed by atoms with Gasteiger partial charge < -0.3 is 9.47 Å². The van der Waals surface area contributed by atoms with Crippen LogP contribution in [-0.2, 0) is 0 Å². The normalized spacial score (nSPS) is 21.3. The molecule has 0 radical (unpaired) electrons. The molecular weight excluding hydrogens is 313 g/mol. The van der Waals surface area contributed by atoms with Crippen LogP contribution in [-0.4, -0.2) is 19.4 Å². The number of halogens is 4. The van der Waals surface area contributed by atoms with Gasteiger partial charge in [-0.3, -0.25) is 0 Å². The van der Waals surface area contributed by atoms with Gasteiger partial charge in [-0.25, -0.2) is 0 Å². The van der Waals surface area contributed by atoms with E-state index < -0.39 is 11.0 Å².